The van der Waals surface area contributed by atoms with Crippen molar-refractivity contribution in [3.63, 3.8) is 0 Å². The molecule has 1 N–H and O–H groups in total. The summed E-state index contributed by atoms with van der Waals surface area (Å²) in [6.07, 6.45) is 1.01. The third-order valence-corrected chi connectivity index (χ3v) is 4.00. The van der Waals surface area contributed by atoms with Crippen LogP contribution in [0.2, 0.25) is 0 Å². The van der Waals surface area contributed by atoms with E-state index in [-0.39, 0.29) is 11.6 Å². The summed E-state index contributed by atoms with van der Waals surface area (Å²) in [6.45, 7) is 1.98. The van der Waals surface area contributed by atoms with Crippen LogP contribution in [-0.4, -0.2) is 36.3 Å². The molecular weight excluding hydrogens is 374 g/mol. The Hall–Kier alpha value is -3.94. The number of rotatable bonds is 6. The van der Waals surface area contributed by atoms with Gasteiger partial charge < -0.3 is 19.3 Å². The van der Waals surface area contributed by atoms with Crippen molar-refractivity contribution in [2.24, 2.45) is 0 Å². The fourth-order valence-electron chi connectivity index (χ4n) is 2.59. The second-order valence-corrected chi connectivity index (χ2v) is 6.04. The van der Waals surface area contributed by atoms with E-state index in [1.165, 1.54) is 14.2 Å². The number of para-hydroxylation sites is 1. The second-order valence-electron chi connectivity index (χ2n) is 6.04. The topological polar surface area (TPSA) is 104 Å². The highest BCUT2D eigenvalue weighted by Crippen LogP contribution is 2.29. The predicted molar refractivity (Wildman–Crippen MR) is 106 cm³/mol. The van der Waals surface area contributed by atoms with Gasteiger partial charge in [0, 0.05) is 5.56 Å². The molecule has 0 saturated carbocycles. The van der Waals surface area contributed by atoms with Gasteiger partial charge in [0.2, 0.25) is 5.82 Å². The van der Waals surface area contributed by atoms with Gasteiger partial charge in [-0.2, -0.15) is 4.98 Å². The molecule has 0 unspecified atom stereocenters. The Labute approximate surface area is 167 Å². The number of nitrogens with one attached hydrogen (secondary N) is 1. The Bertz CT molecular complexity index is 1070. The summed E-state index contributed by atoms with van der Waals surface area (Å²) >= 11 is 0. The Balaban J connectivity index is 1.96. The Morgan fingerprint density at radius 3 is 2.59 bits per heavy atom. The third kappa shape index (κ3) is 4.67. The van der Waals surface area contributed by atoms with Gasteiger partial charge in [0.25, 0.3) is 5.89 Å². The molecule has 0 saturated heterocycles. The summed E-state index contributed by atoms with van der Waals surface area (Å²) in [5.41, 5.74) is 2.84. The summed E-state index contributed by atoms with van der Waals surface area (Å²) in [5, 5.41) is 6.92. The molecule has 2 aromatic carbocycles. The van der Waals surface area contributed by atoms with Crippen LogP contribution in [0.4, 0.5) is 5.69 Å². The van der Waals surface area contributed by atoms with E-state index in [0.29, 0.717) is 17.1 Å². The zero-order valence-corrected chi connectivity index (χ0v) is 16.1. The number of aryl methyl sites for hydroxylation is 1. The van der Waals surface area contributed by atoms with Gasteiger partial charge in [0.05, 0.1) is 31.5 Å². The van der Waals surface area contributed by atoms with Crippen LogP contribution in [0, 0.1) is 6.92 Å². The molecule has 0 bridgehead atoms. The largest absolute Gasteiger partial charge is 0.466 e. The van der Waals surface area contributed by atoms with Crippen molar-refractivity contribution in [1.29, 1.82) is 0 Å². The van der Waals surface area contributed by atoms with Crippen LogP contribution in [-0.2, 0) is 19.1 Å². The molecule has 148 valence electrons. The number of aromatic nitrogens is 2. The maximum atomic E-state index is 12.0. The first-order valence-corrected chi connectivity index (χ1v) is 8.67. The molecule has 3 aromatic rings. The van der Waals surface area contributed by atoms with E-state index in [1.807, 2.05) is 31.2 Å². The highest BCUT2D eigenvalue weighted by molar-refractivity contribution is 5.99. The van der Waals surface area contributed by atoms with Crippen LogP contribution in [0.25, 0.3) is 22.8 Å². The molecule has 1 aromatic heterocycles. The first kappa shape index (κ1) is 19.8. The van der Waals surface area contributed by atoms with Crippen molar-refractivity contribution < 1.29 is 23.6 Å². The number of anilines is 1. The zero-order chi connectivity index (χ0) is 20.8. The fraction of sp³-hybridized carbons (Fsp3) is 0.143. The number of hydrogen-bond acceptors (Lipinski definition) is 8. The van der Waals surface area contributed by atoms with Crippen molar-refractivity contribution >= 4 is 17.6 Å². The Kier molecular flexibility index (Phi) is 6.03. The number of ether oxygens (including phenoxy) is 2. The minimum absolute atomic E-state index is 0.0924. The van der Waals surface area contributed by atoms with Crippen molar-refractivity contribution in [1.82, 2.24) is 10.1 Å². The van der Waals surface area contributed by atoms with Crippen molar-refractivity contribution in [2.75, 3.05) is 19.5 Å². The number of hydrogen-bond donors (Lipinski definition) is 1. The van der Waals surface area contributed by atoms with Crippen molar-refractivity contribution in [3.05, 3.63) is 65.9 Å². The average molecular weight is 393 g/mol. The lowest BCUT2D eigenvalue weighted by Gasteiger charge is -2.11. The molecule has 0 aliphatic rings. The Morgan fingerprint density at radius 2 is 1.86 bits per heavy atom. The summed E-state index contributed by atoms with van der Waals surface area (Å²) in [6, 6.07) is 14.7. The highest BCUT2D eigenvalue weighted by atomic mass is 16.5. The number of methoxy groups -OCH3 is 2. The van der Waals surface area contributed by atoms with Gasteiger partial charge in [0.1, 0.15) is 5.70 Å². The zero-order valence-electron chi connectivity index (χ0n) is 16.1. The number of carbonyl (C=O) groups excluding carboxylic acids is 2. The minimum atomic E-state index is -0.726. The van der Waals surface area contributed by atoms with E-state index in [9.17, 15) is 9.59 Å². The quantitative estimate of drug-likeness (QED) is 0.502. The molecule has 8 heteroatoms. The van der Waals surface area contributed by atoms with Gasteiger partial charge in [-0.25, -0.2) is 9.59 Å². The standard InChI is InChI=1S/C21H19N3O5/c1-13-7-6-8-14(11-13)19-23-20(29-24-19)15-9-4-5-10-16(15)22-17(21(26)28-3)12-18(25)27-2/h4-12,22H,1-3H3/b17-12+. The van der Waals surface area contributed by atoms with E-state index >= 15 is 0 Å². The van der Waals surface area contributed by atoms with Gasteiger partial charge in [-0.15, -0.1) is 0 Å². The first-order valence-electron chi connectivity index (χ1n) is 8.67. The summed E-state index contributed by atoms with van der Waals surface area (Å²) in [5.74, 6) is -0.727. The maximum absolute atomic E-state index is 12.0. The van der Waals surface area contributed by atoms with Gasteiger partial charge in [0.15, 0.2) is 0 Å². The van der Waals surface area contributed by atoms with E-state index in [2.05, 4.69) is 20.2 Å². The highest BCUT2D eigenvalue weighted by Gasteiger charge is 2.18. The molecule has 0 spiro atoms. The van der Waals surface area contributed by atoms with Gasteiger partial charge >= 0.3 is 11.9 Å². The smallest absolute Gasteiger partial charge is 0.354 e. The van der Waals surface area contributed by atoms with Crippen LogP contribution in [0.5, 0.6) is 0 Å². The van der Waals surface area contributed by atoms with E-state index in [4.69, 9.17) is 9.26 Å². The monoisotopic (exact) mass is 393 g/mol. The summed E-state index contributed by atoms with van der Waals surface area (Å²) < 4.78 is 14.7. The summed E-state index contributed by atoms with van der Waals surface area (Å²) in [4.78, 5) is 28.1. The van der Waals surface area contributed by atoms with E-state index < -0.39 is 11.9 Å². The molecule has 3 rings (SSSR count). The molecular formula is C21H19N3O5. The van der Waals surface area contributed by atoms with Gasteiger partial charge in [-0.3, -0.25) is 0 Å². The summed E-state index contributed by atoms with van der Waals surface area (Å²) in [7, 11) is 2.43. The fourth-order valence-corrected chi connectivity index (χ4v) is 2.59. The average Bonchev–Trinajstić information content (AvgIpc) is 3.23. The van der Waals surface area contributed by atoms with Crippen molar-refractivity contribution in [2.45, 2.75) is 6.92 Å². The number of benzene rings is 2. The molecule has 0 radical (unpaired) electrons. The molecule has 0 amide bonds. The lowest BCUT2D eigenvalue weighted by atomic mass is 10.1. The number of esters is 2. The third-order valence-electron chi connectivity index (χ3n) is 4.00. The first-order chi connectivity index (χ1) is 14.0. The molecule has 1 heterocycles. The normalized spacial score (nSPS) is 11.1. The lowest BCUT2D eigenvalue weighted by molar-refractivity contribution is -0.138. The lowest BCUT2D eigenvalue weighted by Crippen LogP contribution is -2.15. The molecule has 8 nitrogen and oxygen atoms in total. The Morgan fingerprint density at radius 1 is 1.07 bits per heavy atom. The molecule has 0 atom stereocenters. The maximum Gasteiger partial charge on any atom is 0.354 e. The molecule has 29 heavy (non-hydrogen) atoms. The van der Waals surface area contributed by atoms with Crippen LogP contribution in [0.15, 0.2) is 64.8 Å². The number of nitrogens with zero attached hydrogens (tertiary/aromatic N) is 2. The molecule has 0 aliphatic carbocycles. The van der Waals surface area contributed by atoms with Crippen LogP contribution in [0.3, 0.4) is 0 Å². The molecule has 0 aliphatic heterocycles. The predicted octanol–water partition coefficient (Wildman–Crippen LogP) is 3.35. The van der Waals surface area contributed by atoms with Crippen LogP contribution < -0.4 is 5.32 Å². The van der Waals surface area contributed by atoms with Crippen LogP contribution >= 0.6 is 0 Å². The van der Waals surface area contributed by atoms with Gasteiger partial charge in [-0.1, -0.05) is 41.1 Å². The second kappa shape index (κ2) is 8.83. The number of carbonyl (C=O) groups is 2. The molecule has 0 fully saturated rings. The van der Waals surface area contributed by atoms with Gasteiger partial charge in [-0.05, 0) is 25.1 Å². The van der Waals surface area contributed by atoms with Crippen LogP contribution in [0.1, 0.15) is 5.56 Å². The minimum Gasteiger partial charge on any atom is -0.466 e. The van der Waals surface area contributed by atoms with E-state index in [1.54, 1.807) is 24.3 Å². The SMILES string of the molecule is COC(=O)/C=C(/Nc1ccccc1-c1nc(-c2cccc(C)c2)no1)C(=O)OC. The van der Waals surface area contributed by atoms with E-state index in [0.717, 1.165) is 17.2 Å². The van der Waals surface area contributed by atoms with Crippen molar-refractivity contribution in [3.8, 4) is 22.8 Å².